The predicted molar refractivity (Wildman–Crippen MR) is 73.6 cm³/mol. The molecule has 1 amide bonds. The van der Waals surface area contributed by atoms with E-state index >= 15 is 0 Å². The SMILES string of the molecule is O=C(CC1Cn2cccc2C1=O)Nc1ccc(O)cc1. The lowest BCUT2D eigenvalue weighted by Crippen LogP contribution is -2.20. The first-order valence-electron chi connectivity index (χ1n) is 6.42. The van der Waals surface area contributed by atoms with Crippen molar-refractivity contribution in [2.75, 3.05) is 5.32 Å². The third-order valence-electron chi connectivity index (χ3n) is 3.45. The van der Waals surface area contributed by atoms with Crippen LogP contribution in [0.2, 0.25) is 0 Å². The Morgan fingerprint density at radius 1 is 1.30 bits per heavy atom. The molecular formula is C15H14N2O3. The molecule has 102 valence electrons. The zero-order valence-electron chi connectivity index (χ0n) is 10.7. The van der Waals surface area contributed by atoms with E-state index < -0.39 is 0 Å². The van der Waals surface area contributed by atoms with Crippen LogP contribution >= 0.6 is 0 Å². The van der Waals surface area contributed by atoms with Crippen LogP contribution in [0.15, 0.2) is 42.6 Å². The summed E-state index contributed by atoms with van der Waals surface area (Å²) in [6.45, 7) is 0.560. The minimum Gasteiger partial charge on any atom is -0.508 e. The molecule has 0 saturated carbocycles. The summed E-state index contributed by atoms with van der Waals surface area (Å²) in [6, 6.07) is 9.85. The van der Waals surface area contributed by atoms with Gasteiger partial charge in [0.05, 0.1) is 11.6 Å². The number of nitrogens with zero attached hydrogens (tertiary/aromatic N) is 1. The molecule has 0 saturated heterocycles. The van der Waals surface area contributed by atoms with Crippen LogP contribution in [0.4, 0.5) is 5.69 Å². The number of carbonyl (C=O) groups is 2. The number of hydrogen-bond acceptors (Lipinski definition) is 3. The number of carbonyl (C=O) groups excluding carboxylic acids is 2. The van der Waals surface area contributed by atoms with Gasteiger partial charge in [-0.15, -0.1) is 0 Å². The molecule has 0 bridgehead atoms. The number of rotatable bonds is 3. The van der Waals surface area contributed by atoms with Crippen molar-refractivity contribution in [1.82, 2.24) is 4.57 Å². The van der Waals surface area contributed by atoms with Crippen molar-refractivity contribution >= 4 is 17.4 Å². The van der Waals surface area contributed by atoms with Gasteiger partial charge in [-0.25, -0.2) is 0 Å². The minimum absolute atomic E-state index is 0.0239. The standard InChI is InChI=1S/C15H14N2O3/c18-12-5-3-11(4-6-12)16-14(19)8-10-9-17-7-1-2-13(17)15(10)20/h1-7,10,18H,8-9H2,(H,16,19). The number of anilines is 1. The summed E-state index contributed by atoms with van der Waals surface area (Å²) in [6.07, 6.45) is 2.02. The first-order chi connectivity index (χ1) is 9.63. The number of nitrogens with one attached hydrogen (secondary N) is 1. The Bertz CT molecular complexity index is 658. The number of hydrogen-bond donors (Lipinski definition) is 2. The van der Waals surface area contributed by atoms with Gasteiger partial charge in [0.25, 0.3) is 0 Å². The summed E-state index contributed by atoms with van der Waals surface area (Å²) in [5.74, 6) is -0.313. The lowest BCUT2D eigenvalue weighted by atomic mass is 10.0. The molecule has 1 atom stereocenters. The van der Waals surface area contributed by atoms with Crippen molar-refractivity contribution in [3.63, 3.8) is 0 Å². The Morgan fingerprint density at radius 3 is 2.75 bits per heavy atom. The topological polar surface area (TPSA) is 71.3 Å². The first kappa shape index (κ1) is 12.5. The smallest absolute Gasteiger partial charge is 0.225 e. The Kier molecular flexibility index (Phi) is 3.02. The lowest BCUT2D eigenvalue weighted by Gasteiger charge is -2.09. The van der Waals surface area contributed by atoms with Gasteiger partial charge < -0.3 is 15.0 Å². The second kappa shape index (κ2) is 4.85. The number of Topliss-reactive ketones (excluding diaryl/α,β-unsaturated/α-hetero) is 1. The maximum absolute atomic E-state index is 12.1. The van der Waals surface area contributed by atoms with Gasteiger partial charge in [-0.1, -0.05) is 0 Å². The highest BCUT2D eigenvalue weighted by atomic mass is 16.3. The van der Waals surface area contributed by atoms with Crippen molar-refractivity contribution < 1.29 is 14.7 Å². The molecule has 0 radical (unpaired) electrons. The maximum Gasteiger partial charge on any atom is 0.225 e. The average molecular weight is 270 g/mol. The highest BCUT2D eigenvalue weighted by Crippen LogP contribution is 2.24. The zero-order valence-corrected chi connectivity index (χ0v) is 10.7. The average Bonchev–Trinajstić information content (AvgIpc) is 2.97. The second-order valence-electron chi connectivity index (χ2n) is 4.91. The molecule has 1 aromatic heterocycles. The van der Waals surface area contributed by atoms with Crippen LogP contribution in [0.1, 0.15) is 16.9 Å². The van der Waals surface area contributed by atoms with Gasteiger partial charge in [-0.3, -0.25) is 9.59 Å². The fourth-order valence-electron chi connectivity index (χ4n) is 2.46. The maximum atomic E-state index is 12.1. The third kappa shape index (κ3) is 2.30. The van der Waals surface area contributed by atoms with Crippen molar-refractivity contribution in [3.8, 4) is 5.75 Å². The molecule has 20 heavy (non-hydrogen) atoms. The molecule has 3 rings (SSSR count). The monoisotopic (exact) mass is 270 g/mol. The highest BCUT2D eigenvalue weighted by Gasteiger charge is 2.31. The lowest BCUT2D eigenvalue weighted by molar-refractivity contribution is -0.116. The van der Waals surface area contributed by atoms with Crippen LogP contribution in [0.5, 0.6) is 5.75 Å². The molecule has 2 aromatic rings. The molecule has 1 aliphatic heterocycles. The number of fused-ring (bicyclic) bond motifs is 1. The molecule has 1 unspecified atom stereocenters. The van der Waals surface area contributed by atoms with Gasteiger partial charge in [0, 0.05) is 24.8 Å². The highest BCUT2D eigenvalue weighted by molar-refractivity contribution is 6.02. The van der Waals surface area contributed by atoms with Crippen molar-refractivity contribution in [2.45, 2.75) is 13.0 Å². The normalized spacial score (nSPS) is 17.0. The molecule has 0 fully saturated rings. The molecule has 2 N–H and O–H groups in total. The summed E-state index contributed by atoms with van der Waals surface area (Å²) in [7, 11) is 0. The molecule has 1 aliphatic rings. The quantitative estimate of drug-likeness (QED) is 0.838. The van der Waals surface area contributed by atoms with Crippen LogP contribution in [0, 0.1) is 5.92 Å². The molecule has 0 spiro atoms. The van der Waals surface area contributed by atoms with Crippen LogP contribution in [0.25, 0.3) is 0 Å². The van der Waals surface area contributed by atoms with Gasteiger partial charge in [0.15, 0.2) is 5.78 Å². The van der Waals surface area contributed by atoms with Gasteiger partial charge in [0.2, 0.25) is 5.91 Å². The van der Waals surface area contributed by atoms with Crippen molar-refractivity contribution in [2.24, 2.45) is 5.92 Å². The molecule has 2 heterocycles. The number of aromatic nitrogens is 1. The number of amides is 1. The summed E-state index contributed by atoms with van der Waals surface area (Å²) in [4.78, 5) is 24.0. The van der Waals surface area contributed by atoms with Crippen molar-refractivity contribution in [1.29, 1.82) is 0 Å². The van der Waals surface area contributed by atoms with E-state index in [0.717, 1.165) is 0 Å². The Morgan fingerprint density at radius 2 is 2.05 bits per heavy atom. The van der Waals surface area contributed by atoms with E-state index in [1.165, 1.54) is 12.1 Å². The molecule has 0 aliphatic carbocycles. The number of phenolic OH excluding ortho intramolecular Hbond substituents is 1. The van der Waals surface area contributed by atoms with E-state index in [-0.39, 0.29) is 29.8 Å². The van der Waals surface area contributed by atoms with E-state index in [1.807, 2.05) is 16.8 Å². The van der Waals surface area contributed by atoms with E-state index in [4.69, 9.17) is 0 Å². The van der Waals surface area contributed by atoms with E-state index in [2.05, 4.69) is 5.32 Å². The van der Waals surface area contributed by atoms with Gasteiger partial charge in [-0.05, 0) is 36.4 Å². The van der Waals surface area contributed by atoms with Crippen LogP contribution in [-0.2, 0) is 11.3 Å². The zero-order chi connectivity index (χ0) is 14.1. The Hall–Kier alpha value is -2.56. The van der Waals surface area contributed by atoms with Crippen LogP contribution in [-0.4, -0.2) is 21.4 Å². The molecular weight excluding hydrogens is 256 g/mol. The van der Waals surface area contributed by atoms with Crippen molar-refractivity contribution in [3.05, 3.63) is 48.3 Å². The van der Waals surface area contributed by atoms with E-state index in [0.29, 0.717) is 17.9 Å². The number of phenols is 1. The number of benzene rings is 1. The summed E-state index contributed by atoms with van der Waals surface area (Å²) in [5, 5.41) is 11.9. The fourth-order valence-corrected chi connectivity index (χ4v) is 2.46. The summed E-state index contributed by atoms with van der Waals surface area (Å²) >= 11 is 0. The second-order valence-corrected chi connectivity index (χ2v) is 4.91. The summed E-state index contributed by atoms with van der Waals surface area (Å²) in [5.41, 5.74) is 1.28. The molecule has 5 nitrogen and oxygen atoms in total. The van der Waals surface area contributed by atoms with Crippen LogP contribution in [0.3, 0.4) is 0 Å². The third-order valence-corrected chi connectivity index (χ3v) is 3.45. The van der Waals surface area contributed by atoms with Crippen LogP contribution < -0.4 is 5.32 Å². The minimum atomic E-state index is -0.289. The largest absolute Gasteiger partial charge is 0.508 e. The Labute approximate surface area is 115 Å². The molecule has 1 aromatic carbocycles. The number of ketones is 1. The number of aromatic hydroxyl groups is 1. The van der Waals surface area contributed by atoms with Gasteiger partial charge >= 0.3 is 0 Å². The fraction of sp³-hybridized carbons (Fsp3) is 0.200. The van der Waals surface area contributed by atoms with E-state index in [1.54, 1.807) is 18.2 Å². The molecule has 5 heteroatoms. The van der Waals surface area contributed by atoms with E-state index in [9.17, 15) is 14.7 Å². The Balaban J connectivity index is 1.62. The predicted octanol–water partition coefficient (Wildman–Crippen LogP) is 2.03. The first-order valence-corrected chi connectivity index (χ1v) is 6.42. The van der Waals surface area contributed by atoms with Gasteiger partial charge in [0.1, 0.15) is 5.75 Å². The van der Waals surface area contributed by atoms with Gasteiger partial charge in [-0.2, -0.15) is 0 Å². The summed E-state index contributed by atoms with van der Waals surface area (Å²) < 4.78 is 1.88.